The van der Waals surface area contributed by atoms with Crippen molar-refractivity contribution in [3.63, 3.8) is 0 Å². The third-order valence-corrected chi connectivity index (χ3v) is 4.71. The summed E-state index contributed by atoms with van der Waals surface area (Å²) in [6.07, 6.45) is 3.38. The van der Waals surface area contributed by atoms with Gasteiger partial charge in [0.05, 0.1) is 10.9 Å². The van der Waals surface area contributed by atoms with Crippen LogP contribution < -0.4 is 10.9 Å². The SMILES string of the molecule is O=c1oc2ccccc2c2oc(NCc3ccccc3)c(-c3ccncc3)c12. The maximum Gasteiger partial charge on any atom is 0.348 e. The quantitative estimate of drug-likeness (QED) is 0.441. The molecule has 0 fully saturated rings. The Labute approximate surface area is 160 Å². The number of para-hydroxylation sites is 1. The van der Waals surface area contributed by atoms with E-state index in [2.05, 4.69) is 10.3 Å². The van der Waals surface area contributed by atoms with Crippen molar-refractivity contribution in [2.45, 2.75) is 6.54 Å². The van der Waals surface area contributed by atoms with Gasteiger partial charge in [-0.3, -0.25) is 4.98 Å². The predicted octanol–water partition coefficient (Wildman–Crippen LogP) is 5.21. The first kappa shape index (κ1) is 16.3. The number of rotatable bonds is 4. The van der Waals surface area contributed by atoms with Gasteiger partial charge in [0.2, 0.25) is 5.88 Å². The molecule has 136 valence electrons. The van der Waals surface area contributed by atoms with E-state index < -0.39 is 5.63 Å². The Morgan fingerprint density at radius 3 is 2.43 bits per heavy atom. The summed E-state index contributed by atoms with van der Waals surface area (Å²) >= 11 is 0. The Balaban J connectivity index is 1.75. The standard InChI is InChI=1S/C23H16N2O3/c26-23-20-19(16-10-12-24-13-11-16)22(25-14-15-6-2-1-3-7-15)28-21(20)17-8-4-5-9-18(17)27-23/h1-13,25H,14H2. The van der Waals surface area contributed by atoms with Crippen molar-refractivity contribution in [1.29, 1.82) is 0 Å². The minimum Gasteiger partial charge on any atom is -0.439 e. The molecule has 2 aromatic carbocycles. The highest BCUT2D eigenvalue weighted by Crippen LogP contribution is 2.39. The molecular weight excluding hydrogens is 352 g/mol. The minimum atomic E-state index is -0.419. The van der Waals surface area contributed by atoms with Crippen molar-refractivity contribution >= 4 is 27.8 Å². The van der Waals surface area contributed by atoms with Crippen LogP contribution >= 0.6 is 0 Å². The fourth-order valence-corrected chi connectivity index (χ4v) is 3.41. The van der Waals surface area contributed by atoms with Gasteiger partial charge < -0.3 is 14.2 Å². The number of fused-ring (bicyclic) bond motifs is 3. The van der Waals surface area contributed by atoms with Gasteiger partial charge >= 0.3 is 5.63 Å². The lowest BCUT2D eigenvalue weighted by Gasteiger charge is -2.06. The summed E-state index contributed by atoms with van der Waals surface area (Å²) in [5.74, 6) is 0.536. The highest BCUT2D eigenvalue weighted by atomic mass is 16.4. The number of furan rings is 1. The average molecular weight is 368 g/mol. The summed E-state index contributed by atoms with van der Waals surface area (Å²) in [4.78, 5) is 16.9. The Kier molecular flexibility index (Phi) is 3.91. The number of hydrogen-bond donors (Lipinski definition) is 1. The molecule has 0 aliphatic heterocycles. The van der Waals surface area contributed by atoms with E-state index in [1.165, 1.54) is 0 Å². The Hall–Kier alpha value is -3.86. The van der Waals surface area contributed by atoms with Gasteiger partial charge in [-0.1, -0.05) is 42.5 Å². The smallest absolute Gasteiger partial charge is 0.348 e. The summed E-state index contributed by atoms with van der Waals surface area (Å²) in [5.41, 5.74) is 3.25. The molecule has 0 unspecified atom stereocenters. The van der Waals surface area contributed by atoms with Gasteiger partial charge in [0, 0.05) is 18.9 Å². The second-order valence-electron chi connectivity index (χ2n) is 6.47. The van der Waals surface area contributed by atoms with Crippen LogP contribution in [-0.4, -0.2) is 4.98 Å². The molecule has 28 heavy (non-hydrogen) atoms. The van der Waals surface area contributed by atoms with Crippen molar-refractivity contribution in [2.24, 2.45) is 0 Å². The molecule has 5 rings (SSSR count). The molecule has 5 nitrogen and oxygen atoms in total. The van der Waals surface area contributed by atoms with Gasteiger partial charge in [-0.2, -0.15) is 0 Å². The van der Waals surface area contributed by atoms with E-state index in [-0.39, 0.29) is 0 Å². The summed E-state index contributed by atoms with van der Waals surface area (Å²) in [6, 6.07) is 21.1. The molecule has 0 atom stereocenters. The number of pyridine rings is 1. The summed E-state index contributed by atoms with van der Waals surface area (Å²) < 4.78 is 11.7. The third kappa shape index (κ3) is 2.74. The fraction of sp³-hybridized carbons (Fsp3) is 0.0435. The second kappa shape index (κ2) is 6.70. The van der Waals surface area contributed by atoms with Crippen LogP contribution in [0.5, 0.6) is 0 Å². The molecule has 1 N–H and O–H groups in total. The van der Waals surface area contributed by atoms with Crippen LogP contribution in [-0.2, 0) is 6.54 Å². The fourth-order valence-electron chi connectivity index (χ4n) is 3.41. The zero-order chi connectivity index (χ0) is 18.9. The number of anilines is 1. The molecule has 0 radical (unpaired) electrons. The molecule has 5 heteroatoms. The van der Waals surface area contributed by atoms with Crippen LogP contribution in [0.4, 0.5) is 5.88 Å². The normalized spacial score (nSPS) is 11.1. The highest BCUT2D eigenvalue weighted by Gasteiger charge is 2.22. The lowest BCUT2D eigenvalue weighted by Crippen LogP contribution is -2.01. The number of hydrogen-bond acceptors (Lipinski definition) is 5. The predicted molar refractivity (Wildman–Crippen MR) is 109 cm³/mol. The first-order valence-electron chi connectivity index (χ1n) is 8.98. The van der Waals surface area contributed by atoms with E-state index in [1.807, 2.05) is 60.7 Å². The largest absolute Gasteiger partial charge is 0.439 e. The molecule has 0 aliphatic rings. The molecule has 0 saturated carbocycles. The molecule has 0 bridgehead atoms. The monoisotopic (exact) mass is 368 g/mol. The average Bonchev–Trinajstić information content (AvgIpc) is 3.14. The van der Waals surface area contributed by atoms with Crippen LogP contribution in [0.1, 0.15) is 5.56 Å². The molecule has 0 spiro atoms. The molecule has 3 aromatic heterocycles. The topological polar surface area (TPSA) is 68.3 Å². The van der Waals surface area contributed by atoms with Crippen LogP contribution in [0, 0.1) is 0 Å². The second-order valence-corrected chi connectivity index (χ2v) is 6.47. The zero-order valence-corrected chi connectivity index (χ0v) is 14.9. The summed E-state index contributed by atoms with van der Waals surface area (Å²) in [6.45, 7) is 0.571. The van der Waals surface area contributed by atoms with Gasteiger partial charge in [-0.05, 0) is 35.4 Å². The number of benzene rings is 2. The number of aromatic nitrogens is 1. The maximum absolute atomic E-state index is 12.8. The molecule has 3 heterocycles. The van der Waals surface area contributed by atoms with Crippen LogP contribution in [0.3, 0.4) is 0 Å². The van der Waals surface area contributed by atoms with E-state index in [4.69, 9.17) is 8.83 Å². The number of nitrogens with zero attached hydrogens (tertiary/aromatic N) is 1. The first-order chi connectivity index (χ1) is 13.8. The van der Waals surface area contributed by atoms with E-state index in [9.17, 15) is 4.79 Å². The summed E-state index contributed by atoms with van der Waals surface area (Å²) in [7, 11) is 0. The highest BCUT2D eigenvalue weighted by molar-refractivity contribution is 6.09. The molecule has 0 aliphatic carbocycles. The molecular formula is C23H16N2O3. The van der Waals surface area contributed by atoms with E-state index in [1.54, 1.807) is 18.5 Å². The lowest BCUT2D eigenvalue weighted by molar-refractivity contribution is 0.565. The van der Waals surface area contributed by atoms with Crippen LogP contribution in [0.2, 0.25) is 0 Å². The Morgan fingerprint density at radius 2 is 1.61 bits per heavy atom. The lowest BCUT2D eigenvalue weighted by atomic mass is 10.1. The molecule has 0 saturated heterocycles. The van der Waals surface area contributed by atoms with Crippen molar-refractivity contribution < 1.29 is 8.83 Å². The van der Waals surface area contributed by atoms with Crippen LogP contribution in [0.15, 0.2) is 92.8 Å². The van der Waals surface area contributed by atoms with Gasteiger partial charge in [0.1, 0.15) is 11.0 Å². The maximum atomic E-state index is 12.8. The van der Waals surface area contributed by atoms with Crippen molar-refractivity contribution in [2.75, 3.05) is 5.32 Å². The number of nitrogens with one attached hydrogen (secondary N) is 1. The van der Waals surface area contributed by atoms with Crippen LogP contribution in [0.25, 0.3) is 33.1 Å². The van der Waals surface area contributed by atoms with Gasteiger partial charge in [0.15, 0.2) is 5.58 Å². The third-order valence-electron chi connectivity index (χ3n) is 4.71. The Bertz CT molecular complexity index is 1320. The van der Waals surface area contributed by atoms with Gasteiger partial charge in [0.25, 0.3) is 0 Å². The summed E-state index contributed by atoms with van der Waals surface area (Å²) in [5, 5.41) is 4.54. The first-order valence-corrected chi connectivity index (χ1v) is 8.98. The van der Waals surface area contributed by atoms with E-state index >= 15 is 0 Å². The van der Waals surface area contributed by atoms with Crippen molar-refractivity contribution in [3.8, 4) is 11.1 Å². The molecule has 5 aromatic rings. The van der Waals surface area contributed by atoms with Gasteiger partial charge in [-0.25, -0.2) is 4.79 Å². The minimum absolute atomic E-state index is 0.419. The van der Waals surface area contributed by atoms with Gasteiger partial charge in [-0.15, -0.1) is 0 Å². The molecule has 0 amide bonds. The van der Waals surface area contributed by atoms with E-state index in [0.717, 1.165) is 16.5 Å². The van der Waals surface area contributed by atoms with Crippen molar-refractivity contribution in [3.05, 3.63) is 95.1 Å². The zero-order valence-electron chi connectivity index (χ0n) is 14.9. The Morgan fingerprint density at radius 1 is 0.857 bits per heavy atom. The van der Waals surface area contributed by atoms with E-state index in [0.29, 0.717) is 34.5 Å². The van der Waals surface area contributed by atoms with Crippen molar-refractivity contribution in [1.82, 2.24) is 4.98 Å².